The van der Waals surface area contributed by atoms with Crippen molar-refractivity contribution in [2.24, 2.45) is 0 Å². The first-order chi connectivity index (χ1) is 63.3. The molecular weight excluding hydrogens is 1750 g/mol. The summed E-state index contributed by atoms with van der Waals surface area (Å²) < 4.78 is 128. The Morgan fingerprint density at radius 1 is 0.408 bits per heavy atom. The average Bonchev–Trinajstić information content (AvgIpc) is 1.07. The van der Waals surface area contributed by atoms with Crippen LogP contribution in [0.5, 0.6) is 5.75 Å². The van der Waals surface area contributed by atoms with Gasteiger partial charge in [-0.25, -0.2) is 4.79 Å². The van der Waals surface area contributed by atoms with Gasteiger partial charge in [0.2, 0.25) is 23.6 Å². The topological polar surface area (TPSA) is 610 Å². The lowest BCUT2D eigenvalue weighted by Crippen LogP contribution is -2.68. The Kier molecular flexibility index (Phi) is 61.5. The van der Waals surface area contributed by atoms with Crippen LogP contribution in [-0.4, -0.2) is 480 Å². The highest BCUT2D eigenvalue weighted by molar-refractivity contribution is 8.00. The van der Waals surface area contributed by atoms with Crippen LogP contribution in [0.15, 0.2) is 24.3 Å². The van der Waals surface area contributed by atoms with Crippen LogP contribution in [0.3, 0.4) is 0 Å². The molecule has 750 valence electrons. The first-order valence-corrected chi connectivity index (χ1v) is 45.4. The van der Waals surface area contributed by atoms with E-state index in [-0.39, 0.29) is 154 Å². The van der Waals surface area contributed by atoms with Gasteiger partial charge in [0.15, 0.2) is 25.5 Å². The number of unbranched alkanes of at least 4 members (excludes halogenated alkanes) is 1. The summed E-state index contributed by atoms with van der Waals surface area (Å²) in [4.78, 5) is 85.9. The number of amides is 8. The summed E-state index contributed by atoms with van der Waals surface area (Å²) in [6, 6.07) is 5.34. The molecule has 9 unspecified atom stereocenters. The van der Waals surface area contributed by atoms with Gasteiger partial charge in [0.25, 0.3) is 11.8 Å². The summed E-state index contributed by atoms with van der Waals surface area (Å²) in [5.41, 5.74) is 0.302. The zero-order valence-corrected chi connectivity index (χ0v) is 75.1. The zero-order valence-electron chi connectivity index (χ0n) is 74.2. The minimum atomic E-state index is -1.98. The van der Waals surface area contributed by atoms with Crippen LogP contribution >= 0.6 is 11.8 Å². The molecule has 0 bridgehead atoms. The molecule has 47 nitrogen and oxygen atoms in total. The summed E-state index contributed by atoms with van der Waals surface area (Å²) in [6.07, 6.45) is -20.1. The van der Waals surface area contributed by atoms with Gasteiger partial charge in [-0.2, -0.15) is 11.8 Å². The van der Waals surface area contributed by atoms with Gasteiger partial charge in [0.1, 0.15) is 78.9 Å². The molecule has 6 rings (SSSR count). The second-order valence-corrected chi connectivity index (χ2v) is 31.2. The number of nitrogens with one attached hydrogen (secondary N) is 8. The van der Waals surface area contributed by atoms with Gasteiger partial charge >= 0.3 is 6.03 Å². The predicted octanol–water partition coefficient (Wildman–Crippen LogP) is -6.97. The van der Waals surface area contributed by atoms with Crippen LogP contribution < -0.4 is 47.3 Å². The third-order valence-corrected chi connectivity index (χ3v) is 21.5. The highest BCUT2D eigenvalue weighted by Gasteiger charge is 2.54. The number of thioether (sulfide) groups is 1. The number of rotatable bonds is 79. The molecule has 8 amide bonds. The predicted molar refractivity (Wildman–Crippen MR) is 454 cm³/mol. The number of fused-ring (bicyclic) bond motifs is 1. The monoisotopic (exact) mass is 1890 g/mol. The lowest BCUT2D eigenvalue weighted by molar-refractivity contribution is -0.376. The molecule has 0 radical (unpaired) electrons. The maximum absolute atomic E-state index is 12.8. The number of carbonyl (C=O) groups excluding carboxylic acids is 7. The van der Waals surface area contributed by atoms with Gasteiger partial charge in [-0.3, -0.25) is 28.8 Å². The summed E-state index contributed by atoms with van der Waals surface area (Å²) in [6.45, 7) is 11.3. The minimum Gasteiger partial charge on any atom is -0.484 e. The highest BCUT2D eigenvalue weighted by atomic mass is 32.2. The van der Waals surface area contributed by atoms with Crippen molar-refractivity contribution in [1.29, 1.82) is 0 Å². The first kappa shape index (κ1) is 113. The summed E-state index contributed by atoms with van der Waals surface area (Å²) in [7, 11) is 0. The molecule has 48 heteroatoms. The normalized spacial score (nSPS) is 24.8. The third-order valence-electron chi connectivity index (χ3n) is 20.0. The summed E-state index contributed by atoms with van der Waals surface area (Å²) in [5.74, 6) is -0.691. The average molecular weight is 1900 g/mol. The van der Waals surface area contributed by atoms with Crippen LogP contribution in [0.25, 0.3) is 0 Å². The smallest absolute Gasteiger partial charge is 0.315 e. The van der Waals surface area contributed by atoms with Crippen molar-refractivity contribution >= 4 is 53.2 Å². The molecular formula is C82H142N8O39S. The van der Waals surface area contributed by atoms with Gasteiger partial charge in [-0.15, -0.1) is 0 Å². The fraction of sp³-hybridized carbons (Fsp3) is 0.841. The van der Waals surface area contributed by atoms with Gasteiger partial charge in [-0.1, -0.05) is 12.5 Å². The van der Waals surface area contributed by atoms with E-state index in [4.69, 9.17) is 109 Å². The molecule has 5 heterocycles. The number of carbonyl (C=O) groups is 7. The van der Waals surface area contributed by atoms with E-state index in [1.54, 1.807) is 18.2 Å². The first-order valence-electron chi connectivity index (χ1n) is 44.4. The summed E-state index contributed by atoms with van der Waals surface area (Å²) >= 11 is 1.89. The number of aliphatic hydroxyl groups is 9. The van der Waals surface area contributed by atoms with Crippen molar-refractivity contribution in [3.8, 4) is 5.75 Å². The Morgan fingerprint density at radius 2 is 0.823 bits per heavy atom. The molecule has 0 spiro atoms. The van der Waals surface area contributed by atoms with E-state index in [0.29, 0.717) is 181 Å². The molecule has 5 aliphatic rings. The van der Waals surface area contributed by atoms with Crippen LogP contribution in [0, 0.1) is 0 Å². The fourth-order valence-corrected chi connectivity index (χ4v) is 14.7. The SMILES string of the molecule is CC(=O)NC1C(O)[C@H](O[C@@H]2OC(CO)[C@H](O)C(O[C@H]3OC(CO)[C@H](O)C(O)C3O)C2O)C(CO)O[C@H]1OCCCNC(=O)CCOCCOCCOCCOCCNC(=O)COc1cccc(C(=O)NCCNC(=O)CCOCCOCCOCCOCCOCCOCCOCCOCCOCCOCCOCCOCCNC(=O)CCCC[C@@H]2SC[C@@H]3NC(=O)N[C@@H]32)c1. The van der Waals surface area contributed by atoms with E-state index < -0.39 is 130 Å². The van der Waals surface area contributed by atoms with Crippen molar-refractivity contribution in [3.63, 3.8) is 0 Å². The second kappa shape index (κ2) is 70.8. The van der Waals surface area contributed by atoms with Crippen molar-refractivity contribution in [2.45, 2.75) is 161 Å². The highest BCUT2D eigenvalue weighted by Crippen LogP contribution is 2.35. The van der Waals surface area contributed by atoms with E-state index in [2.05, 4.69) is 42.5 Å². The molecule has 5 fully saturated rings. The Bertz CT molecular complexity index is 3170. The molecule has 1 aromatic rings. The molecule has 18 atom stereocenters. The standard InChI is InChI=1S/C82H142N8O39S/c1-56(94)88-69-72(101)76(128-81-75(104)77(71(100)61(52-92)126-81)129-80-74(103)73(102)70(99)60(51-91)125-80)62(53-93)127-79(69)123-17-5-12-83-65(96)10-18-107-22-26-111-30-32-114-29-25-110-21-16-86-67(98)54-124-58-7-4-6-57(50-58)78(105)87-14-13-84-66(97)11-19-108-23-27-112-31-34-115-36-38-117-40-42-119-44-46-121-48-49-122-47-45-120-43-41-118-39-37-116-35-33-113-28-24-109-20-15-85-64(95)9-3-2-8-63-68-59(55-130-63)89-82(106)90-68/h4,6-7,50,59-63,68-77,79-81,91-93,99-104H,2-3,5,8-49,51-55H2,1H3,(H,83,96)(H,84,97)(H,85,95)(H,86,98)(H,87,105)(H,88,94)(H2,89,90,106)/t59-,60?,61?,62?,63-,68-,69?,70-,71-,72?,73?,74?,75?,76+,77?,79+,80+,81-/m0/s1. The number of urea groups is 1. The molecule has 130 heavy (non-hydrogen) atoms. The fourth-order valence-electron chi connectivity index (χ4n) is 13.2. The Labute approximate surface area is 761 Å². The van der Waals surface area contributed by atoms with E-state index in [9.17, 15) is 79.5 Å². The Morgan fingerprint density at radius 3 is 1.31 bits per heavy atom. The zero-order chi connectivity index (χ0) is 93.4. The molecule has 0 aliphatic carbocycles. The summed E-state index contributed by atoms with van der Waals surface area (Å²) in [5, 5.41) is 117. The Balaban J connectivity index is 0.607. The molecule has 0 aromatic heterocycles. The maximum atomic E-state index is 12.8. The van der Waals surface area contributed by atoms with Gasteiger partial charge in [0, 0.05) is 75.5 Å². The van der Waals surface area contributed by atoms with Crippen LogP contribution in [0.4, 0.5) is 4.79 Å². The second-order valence-electron chi connectivity index (χ2n) is 29.9. The maximum Gasteiger partial charge on any atom is 0.315 e. The van der Waals surface area contributed by atoms with Crippen molar-refractivity contribution in [2.75, 3.05) is 283 Å². The quantitative estimate of drug-likeness (QED) is 0.0213. The van der Waals surface area contributed by atoms with Crippen LogP contribution in [0.2, 0.25) is 0 Å². The molecule has 1 aromatic carbocycles. The van der Waals surface area contributed by atoms with Crippen molar-refractivity contribution < 1.29 is 188 Å². The number of hydrogen-bond acceptors (Lipinski definition) is 40. The molecule has 5 saturated heterocycles. The van der Waals surface area contributed by atoms with E-state index in [1.165, 1.54) is 6.07 Å². The third kappa shape index (κ3) is 47.6. The largest absolute Gasteiger partial charge is 0.484 e. The van der Waals surface area contributed by atoms with Crippen LogP contribution in [0.1, 0.15) is 62.2 Å². The van der Waals surface area contributed by atoms with E-state index in [1.807, 2.05) is 11.8 Å². The van der Waals surface area contributed by atoms with Crippen molar-refractivity contribution in [1.82, 2.24) is 42.5 Å². The van der Waals surface area contributed by atoms with E-state index >= 15 is 0 Å². The minimum absolute atomic E-state index is 0.0238. The number of benzene rings is 1. The molecule has 17 N–H and O–H groups in total. The lowest BCUT2D eigenvalue weighted by Gasteiger charge is -2.48. The molecule has 0 saturated carbocycles. The molecule has 5 aliphatic heterocycles. The Hall–Kier alpha value is -5.78. The van der Waals surface area contributed by atoms with Gasteiger partial charge in [-0.05, 0) is 37.5 Å². The number of aliphatic hydroxyl groups excluding tert-OH is 9. The van der Waals surface area contributed by atoms with Crippen molar-refractivity contribution in [3.05, 3.63) is 29.8 Å². The number of hydrogen-bond donors (Lipinski definition) is 17. The number of ether oxygens (including phenoxy) is 23. The van der Waals surface area contributed by atoms with Crippen LogP contribution in [-0.2, 0) is 128 Å². The van der Waals surface area contributed by atoms with Gasteiger partial charge < -0.3 is 197 Å². The lowest BCUT2D eigenvalue weighted by atomic mass is 9.95. The van der Waals surface area contributed by atoms with E-state index in [0.717, 1.165) is 31.9 Å². The van der Waals surface area contributed by atoms with Gasteiger partial charge in [0.05, 0.1) is 250 Å².